The number of hydrogen-bond acceptors (Lipinski definition) is 9. The summed E-state index contributed by atoms with van der Waals surface area (Å²) in [5.41, 5.74) is 2.47. The standard InChI is InChI=1S/C33H35IN2O9/c1-42-29-13-22(18-38)11-24(34)32(29)45-28-16-23(33(41)35-9-10-37)15-25(31(28)40)36(30(39)14-20-5-3-2-4-6-20)17-21-7-8-26-27(12-21)44-19-43-26/h2-8,11-13,16,25,28,31,37-38,40H,9-10,14-15,17-19H2,1H3,(H,35,41). The van der Waals surface area contributed by atoms with Gasteiger partial charge in [0.2, 0.25) is 18.6 Å². The Hall–Kier alpha value is -3.85. The summed E-state index contributed by atoms with van der Waals surface area (Å²) in [5, 5.41) is 33.5. The summed E-state index contributed by atoms with van der Waals surface area (Å²) in [7, 11) is 1.47. The average molecular weight is 731 g/mol. The Balaban J connectivity index is 1.52. The first kappa shape index (κ1) is 32.5. The summed E-state index contributed by atoms with van der Waals surface area (Å²) in [6.45, 7) is -0.183. The Bertz CT molecular complexity index is 1550. The second kappa shape index (κ2) is 15.0. The van der Waals surface area contributed by atoms with Gasteiger partial charge in [0, 0.05) is 25.1 Å². The zero-order chi connectivity index (χ0) is 31.9. The minimum atomic E-state index is -1.24. The van der Waals surface area contributed by atoms with E-state index in [1.54, 1.807) is 35.2 Å². The third-order valence-electron chi connectivity index (χ3n) is 7.65. The number of carbonyl (C=O) groups is 2. The molecule has 5 rings (SSSR count). The number of halogens is 1. The van der Waals surface area contributed by atoms with Gasteiger partial charge in [-0.1, -0.05) is 36.4 Å². The summed E-state index contributed by atoms with van der Waals surface area (Å²) in [5.74, 6) is 1.14. The van der Waals surface area contributed by atoms with Gasteiger partial charge in [-0.2, -0.15) is 0 Å². The highest BCUT2D eigenvalue weighted by Crippen LogP contribution is 2.38. The lowest BCUT2D eigenvalue weighted by atomic mass is 9.87. The maximum atomic E-state index is 14.1. The van der Waals surface area contributed by atoms with Gasteiger partial charge in [-0.25, -0.2) is 0 Å². The number of methoxy groups -OCH3 is 1. The zero-order valence-electron chi connectivity index (χ0n) is 24.6. The fraction of sp³-hybridized carbons (Fsp3) is 0.333. The molecule has 0 saturated heterocycles. The first-order valence-electron chi connectivity index (χ1n) is 14.4. The van der Waals surface area contributed by atoms with E-state index in [0.29, 0.717) is 37.7 Å². The normalized spacial score (nSPS) is 18.6. The van der Waals surface area contributed by atoms with Crippen LogP contribution in [0.4, 0.5) is 0 Å². The Morgan fingerprint density at radius 2 is 1.80 bits per heavy atom. The van der Waals surface area contributed by atoms with Crippen molar-refractivity contribution < 1.29 is 43.9 Å². The van der Waals surface area contributed by atoms with Crippen molar-refractivity contribution in [3.8, 4) is 23.0 Å². The Morgan fingerprint density at radius 1 is 1.02 bits per heavy atom. The number of fused-ring (bicyclic) bond motifs is 1. The summed E-state index contributed by atoms with van der Waals surface area (Å²) in [4.78, 5) is 28.9. The Morgan fingerprint density at radius 3 is 2.53 bits per heavy atom. The summed E-state index contributed by atoms with van der Waals surface area (Å²) < 4.78 is 23.5. The number of ether oxygens (including phenoxy) is 4. The average Bonchev–Trinajstić information content (AvgIpc) is 3.52. The molecule has 2 aliphatic rings. The number of amides is 2. The number of hydrogen-bond donors (Lipinski definition) is 4. The maximum absolute atomic E-state index is 14.1. The van der Waals surface area contributed by atoms with Crippen LogP contribution in [0.3, 0.4) is 0 Å². The topological polar surface area (TPSA) is 147 Å². The minimum absolute atomic E-state index is 0.0388. The first-order valence-corrected chi connectivity index (χ1v) is 15.5. The highest BCUT2D eigenvalue weighted by Gasteiger charge is 2.41. The molecule has 1 aliphatic carbocycles. The van der Waals surface area contributed by atoms with Gasteiger partial charge in [0.05, 0.1) is 36.4 Å². The largest absolute Gasteiger partial charge is 0.493 e. The second-order valence-corrected chi connectivity index (χ2v) is 11.8. The van der Waals surface area contributed by atoms with Gasteiger partial charge in [-0.05, 0) is 69.6 Å². The number of carbonyl (C=O) groups excluding carboxylic acids is 2. The van der Waals surface area contributed by atoms with E-state index in [1.165, 1.54) is 7.11 Å². The van der Waals surface area contributed by atoms with E-state index < -0.39 is 24.2 Å². The molecule has 3 unspecified atom stereocenters. The van der Waals surface area contributed by atoms with Crippen molar-refractivity contribution in [2.45, 2.75) is 44.2 Å². The number of nitrogens with zero attached hydrogens (tertiary/aromatic N) is 1. The van der Waals surface area contributed by atoms with E-state index in [9.17, 15) is 24.9 Å². The molecule has 1 heterocycles. The van der Waals surface area contributed by atoms with Crippen LogP contribution < -0.4 is 24.3 Å². The van der Waals surface area contributed by atoms with Crippen molar-refractivity contribution in [3.05, 3.63) is 92.6 Å². The second-order valence-electron chi connectivity index (χ2n) is 10.7. The molecule has 3 aromatic rings. The first-order chi connectivity index (χ1) is 21.8. The van der Waals surface area contributed by atoms with Crippen LogP contribution in [0, 0.1) is 3.57 Å². The predicted octanol–water partition coefficient (Wildman–Crippen LogP) is 2.71. The van der Waals surface area contributed by atoms with Crippen LogP contribution >= 0.6 is 22.6 Å². The lowest BCUT2D eigenvalue weighted by Gasteiger charge is -2.41. The van der Waals surface area contributed by atoms with Crippen molar-refractivity contribution in [2.75, 3.05) is 27.1 Å². The van der Waals surface area contributed by atoms with E-state index in [4.69, 9.17) is 18.9 Å². The van der Waals surface area contributed by atoms with Crippen LogP contribution in [0.25, 0.3) is 0 Å². The van der Waals surface area contributed by atoms with Gasteiger partial charge in [0.1, 0.15) is 12.2 Å². The molecule has 1 aliphatic heterocycles. The van der Waals surface area contributed by atoms with Crippen LogP contribution in [0.15, 0.2) is 72.3 Å². The van der Waals surface area contributed by atoms with Crippen molar-refractivity contribution in [1.29, 1.82) is 0 Å². The lowest BCUT2D eigenvalue weighted by molar-refractivity contribution is -0.138. The third-order valence-corrected chi connectivity index (χ3v) is 8.45. The number of aliphatic hydroxyl groups excluding tert-OH is 3. The van der Waals surface area contributed by atoms with Crippen LogP contribution in [0.1, 0.15) is 23.1 Å². The zero-order valence-corrected chi connectivity index (χ0v) is 26.8. The molecule has 0 spiro atoms. The van der Waals surface area contributed by atoms with Crippen molar-refractivity contribution in [2.24, 2.45) is 0 Å². The summed E-state index contributed by atoms with van der Waals surface area (Å²) >= 11 is 2.06. The molecule has 3 aromatic carbocycles. The van der Waals surface area contributed by atoms with E-state index in [2.05, 4.69) is 27.9 Å². The smallest absolute Gasteiger partial charge is 0.247 e. The molecule has 238 valence electrons. The molecule has 4 N–H and O–H groups in total. The highest BCUT2D eigenvalue weighted by molar-refractivity contribution is 14.1. The molecule has 0 saturated carbocycles. The predicted molar refractivity (Wildman–Crippen MR) is 172 cm³/mol. The maximum Gasteiger partial charge on any atom is 0.247 e. The molecule has 3 atom stereocenters. The number of benzene rings is 3. The molecular weight excluding hydrogens is 695 g/mol. The number of aliphatic hydroxyl groups is 3. The molecule has 11 nitrogen and oxygen atoms in total. The van der Waals surface area contributed by atoms with Gasteiger partial charge >= 0.3 is 0 Å². The molecule has 0 aromatic heterocycles. The Kier molecular flexibility index (Phi) is 10.8. The fourth-order valence-electron chi connectivity index (χ4n) is 5.39. The quantitative estimate of drug-likeness (QED) is 0.207. The van der Waals surface area contributed by atoms with E-state index in [0.717, 1.165) is 11.1 Å². The molecule has 0 bridgehead atoms. The molecule has 0 fully saturated rings. The summed E-state index contributed by atoms with van der Waals surface area (Å²) in [6, 6.07) is 17.2. The number of nitrogens with one attached hydrogen (secondary N) is 1. The van der Waals surface area contributed by atoms with Gasteiger partial charge in [-0.15, -0.1) is 0 Å². The molecule has 0 radical (unpaired) electrons. The summed E-state index contributed by atoms with van der Waals surface area (Å²) in [6.07, 6.45) is -0.634. The van der Waals surface area contributed by atoms with Crippen LogP contribution in [-0.2, 0) is 29.2 Å². The third kappa shape index (κ3) is 7.69. The Labute approximate surface area is 274 Å². The molecule has 45 heavy (non-hydrogen) atoms. The van der Waals surface area contributed by atoms with Crippen molar-refractivity contribution in [1.82, 2.24) is 10.2 Å². The van der Waals surface area contributed by atoms with Crippen molar-refractivity contribution >= 4 is 34.4 Å². The lowest BCUT2D eigenvalue weighted by Crippen LogP contribution is -2.55. The monoisotopic (exact) mass is 730 g/mol. The van der Waals surface area contributed by atoms with E-state index >= 15 is 0 Å². The fourth-order valence-corrected chi connectivity index (χ4v) is 6.19. The van der Waals surface area contributed by atoms with E-state index in [1.807, 2.05) is 36.4 Å². The van der Waals surface area contributed by atoms with Crippen LogP contribution in [0.5, 0.6) is 23.0 Å². The van der Waals surface area contributed by atoms with Gasteiger partial charge in [0.25, 0.3) is 0 Å². The van der Waals surface area contributed by atoms with Gasteiger partial charge in [0.15, 0.2) is 23.0 Å². The minimum Gasteiger partial charge on any atom is -0.493 e. The number of rotatable bonds is 12. The molecule has 2 amide bonds. The van der Waals surface area contributed by atoms with Crippen LogP contribution in [-0.4, -0.2) is 77.3 Å². The van der Waals surface area contributed by atoms with Crippen LogP contribution in [0.2, 0.25) is 0 Å². The highest BCUT2D eigenvalue weighted by atomic mass is 127. The molecular formula is C33H35IN2O9. The van der Waals surface area contributed by atoms with Crippen molar-refractivity contribution in [3.63, 3.8) is 0 Å². The van der Waals surface area contributed by atoms with Gasteiger partial charge < -0.3 is 44.5 Å². The SMILES string of the molecule is COc1cc(CO)cc(I)c1OC1C=C(C(=O)NCCO)CC(N(Cc2ccc3c(c2)OCO3)C(=O)Cc2ccccc2)C1O. The van der Waals surface area contributed by atoms with Gasteiger partial charge in [-0.3, -0.25) is 9.59 Å². The van der Waals surface area contributed by atoms with E-state index in [-0.39, 0.29) is 51.8 Å². The molecule has 12 heteroatoms.